The summed E-state index contributed by atoms with van der Waals surface area (Å²) < 4.78 is 27.9. The average molecular weight is 496 g/mol. The first-order valence-corrected chi connectivity index (χ1v) is 12.4. The summed E-state index contributed by atoms with van der Waals surface area (Å²) >= 11 is 0. The maximum Gasteiger partial charge on any atom is 0.232 e. The van der Waals surface area contributed by atoms with Gasteiger partial charge in [-0.3, -0.25) is 4.79 Å². The zero-order chi connectivity index (χ0) is 25.5. The number of hydrogen-bond donors (Lipinski definition) is 0. The van der Waals surface area contributed by atoms with Crippen LogP contribution in [0, 0.1) is 0 Å². The lowest BCUT2D eigenvalue weighted by atomic mass is 10.1. The predicted octanol–water partition coefficient (Wildman–Crippen LogP) is 4.50. The van der Waals surface area contributed by atoms with Crippen LogP contribution in [0.5, 0.6) is 23.0 Å². The van der Waals surface area contributed by atoms with E-state index in [1.807, 2.05) is 62.1 Å². The van der Waals surface area contributed by atoms with Crippen molar-refractivity contribution in [3.63, 3.8) is 0 Å². The van der Waals surface area contributed by atoms with Gasteiger partial charge in [-0.15, -0.1) is 0 Å². The summed E-state index contributed by atoms with van der Waals surface area (Å²) in [6.45, 7) is 8.63. The number of rotatable bonds is 12. The van der Waals surface area contributed by atoms with E-state index in [0.29, 0.717) is 69.0 Å². The third-order valence-electron chi connectivity index (χ3n) is 6.01. The molecule has 1 amide bonds. The third kappa shape index (κ3) is 5.72. The quantitative estimate of drug-likeness (QED) is 0.362. The van der Waals surface area contributed by atoms with Crippen LogP contribution >= 0.6 is 0 Å². The molecule has 0 saturated carbocycles. The Morgan fingerprint density at radius 3 is 2.36 bits per heavy atom. The monoisotopic (exact) mass is 495 g/mol. The van der Waals surface area contributed by atoms with Crippen LogP contribution in [0.25, 0.3) is 11.4 Å². The molecule has 0 radical (unpaired) electrons. The molecule has 192 valence electrons. The van der Waals surface area contributed by atoms with Crippen LogP contribution in [0.1, 0.15) is 44.6 Å². The van der Waals surface area contributed by atoms with E-state index in [0.717, 1.165) is 22.6 Å². The van der Waals surface area contributed by atoms with Crippen LogP contribution in [-0.2, 0) is 11.2 Å². The number of aromatic nitrogens is 2. The Kier molecular flexibility index (Phi) is 8.30. The number of benzene rings is 2. The summed E-state index contributed by atoms with van der Waals surface area (Å²) in [6, 6.07) is 11.4. The lowest BCUT2D eigenvalue weighted by Gasteiger charge is -2.17. The molecule has 0 spiro atoms. The Hall–Kier alpha value is -3.75. The molecule has 2 heterocycles. The topological polar surface area (TPSA) is 96.2 Å². The van der Waals surface area contributed by atoms with Crippen LogP contribution in [-0.4, -0.2) is 61.0 Å². The molecule has 3 aromatic rings. The van der Waals surface area contributed by atoms with Gasteiger partial charge in [0.2, 0.25) is 17.6 Å². The van der Waals surface area contributed by atoms with Crippen LogP contribution in [0.15, 0.2) is 40.9 Å². The van der Waals surface area contributed by atoms with Crippen LogP contribution in [0.3, 0.4) is 0 Å². The first kappa shape index (κ1) is 25.3. The van der Waals surface area contributed by atoms with Gasteiger partial charge in [0.05, 0.1) is 32.8 Å². The molecular formula is C27H33N3O6. The van der Waals surface area contributed by atoms with Crippen molar-refractivity contribution in [2.24, 2.45) is 0 Å². The molecule has 1 fully saturated rings. The SMILES string of the molecule is CCOc1ccc(-c2noc(C3CC(=O)N(CCc4ccc(OCC)c(OCC)c4)C3)n2)cc1OC. The van der Waals surface area contributed by atoms with Gasteiger partial charge in [-0.25, -0.2) is 0 Å². The van der Waals surface area contributed by atoms with E-state index in [1.165, 1.54) is 0 Å². The number of ether oxygens (including phenoxy) is 4. The Morgan fingerprint density at radius 2 is 1.64 bits per heavy atom. The summed E-state index contributed by atoms with van der Waals surface area (Å²) in [5.41, 5.74) is 1.84. The van der Waals surface area contributed by atoms with E-state index in [1.54, 1.807) is 7.11 Å². The molecule has 9 nitrogen and oxygen atoms in total. The third-order valence-corrected chi connectivity index (χ3v) is 6.01. The number of hydrogen-bond acceptors (Lipinski definition) is 8. The van der Waals surface area contributed by atoms with Gasteiger partial charge in [-0.1, -0.05) is 11.2 Å². The van der Waals surface area contributed by atoms with Gasteiger partial charge >= 0.3 is 0 Å². The summed E-state index contributed by atoms with van der Waals surface area (Å²) in [5, 5.41) is 4.14. The first-order chi connectivity index (χ1) is 17.6. The Morgan fingerprint density at radius 1 is 0.944 bits per heavy atom. The molecule has 1 saturated heterocycles. The second kappa shape index (κ2) is 11.8. The van der Waals surface area contributed by atoms with E-state index < -0.39 is 0 Å². The van der Waals surface area contributed by atoms with Crippen molar-refractivity contribution in [3.05, 3.63) is 47.9 Å². The Balaban J connectivity index is 1.40. The highest BCUT2D eigenvalue weighted by Gasteiger charge is 2.34. The van der Waals surface area contributed by atoms with Gasteiger partial charge in [-0.2, -0.15) is 4.98 Å². The number of likely N-dealkylation sites (tertiary alicyclic amines) is 1. The van der Waals surface area contributed by atoms with Crippen molar-refractivity contribution in [1.29, 1.82) is 0 Å². The van der Waals surface area contributed by atoms with Crippen molar-refractivity contribution >= 4 is 5.91 Å². The molecule has 2 aromatic carbocycles. The summed E-state index contributed by atoms with van der Waals surface area (Å²) in [6.07, 6.45) is 1.06. The van der Waals surface area contributed by atoms with Crippen molar-refractivity contribution in [2.45, 2.75) is 39.5 Å². The molecule has 1 aliphatic rings. The number of amides is 1. The average Bonchev–Trinajstić information content (AvgIpc) is 3.52. The standard InChI is InChI=1S/C27H33N3O6/c1-5-33-21-11-9-19(15-23(21)32-4)26-28-27(36-29-26)20-16-25(31)30(17-20)13-12-18-8-10-22(34-6-2)24(14-18)35-7-3/h8-11,14-15,20H,5-7,12-13,16-17H2,1-4H3. The van der Waals surface area contributed by atoms with Gasteiger partial charge < -0.3 is 28.4 Å². The van der Waals surface area contributed by atoms with Gasteiger partial charge in [0.25, 0.3) is 0 Å². The fourth-order valence-electron chi connectivity index (χ4n) is 4.27. The molecule has 1 unspecified atom stereocenters. The predicted molar refractivity (Wildman–Crippen MR) is 134 cm³/mol. The van der Waals surface area contributed by atoms with E-state index in [4.69, 9.17) is 23.5 Å². The Labute approximate surface area is 211 Å². The fraction of sp³-hybridized carbons (Fsp3) is 0.444. The van der Waals surface area contributed by atoms with Gasteiger partial charge in [0, 0.05) is 25.1 Å². The molecule has 36 heavy (non-hydrogen) atoms. The summed E-state index contributed by atoms with van der Waals surface area (Å²) in [5.74, 6) is 3.59. The van der Waals surface area contributed by atoms with Crippen molar-refractivity contribution < 1.29 is 28.3 Å². The molecule has 0 bridgehead atoms. The van der Waals surface area contributed by atoms with Crippen molar-refractivity contribution in [1.82, 2.24) is 15.0 Å². The second-order valence-corrected chi connectivity index (χ2v) is 8.39. The second-order valence-electron chi connectivity index (χ2n) is 8.39. The van der Waals surface area contributed by atoms with Gasteiger partial charge in [-0.05, 0) is 63.1 Å². The number of carbonyl (C=O) groups excluding carboxylic acids is 1. The normalized spacial score (nSPS) is 15.3. The van der Waals surface area contributed by atoms with Gasteiger partial charge in [0.15, 0.2) is 23.0 Å². The molecule has 1 aliphatic heterocycles. The lowest BCUT2D eigenvalue weighted by Crippen LogP contribution is -2.27. The Bertz CT molecular complexity index is 1180. The zero-order valence-electron chi connectivity index (χ0n) is 21.3. The lowest BCUT2D eigenvalue weighted by molar-refractivity contribution is -0.127. The molecule has 1 atom stereocenters. The van der Waals surface area contributed by atoms with E-state index >= 15 is 0 Å². The summed E-state index contributed by atoms with van der Waals surface area (Å²) in [4.78, 5) is 19.1. The van der Waals surface area contributed by atoms with Crippen LogP contribution in [0.4, 0.5) is 0 Å². The molecule has 0 aliphatic carbocycles. The van der Waals surface area contributed by atoms with E-state index in [9.17, 15) is 4.79 Å². The minimum absolute atomic E-state index is 0.0819. The number of nitrogens with zero attached hydrogens (tertiary/aromatic N) is 3. The highest BCUT2D eigenvalue weighted by molar-refractivity contribution is 5.79. The fourth-order valence-corrected chi connectivity index (χ4v) is 4.27. The smallest absolute Gasteiger partial charge is 0.232 e. The zero-order valence-corrected chi connectivity index (χ0v) is 21.3. The minimum atomic E-state index is -0.136. The van der Waals surface area contributed by atoms with Crippen molar-refractivity contribution in [3.8, 4) is 34.4 Å². The van der Waals surface area contributed by atoms with E-state index in [2.05, 4.69) is 10.1 Å². The maximum atomic E-state index is 12.7. The van der Waals surface area contributed by atoms with E-state index in [-0.39, 0.29) is 11.8 Å². The number of methoxy groups -OCH3 is 1. The molecule has 0 N–H and O–H groups in total. The maximum absolute atomic E-state index is 12.7. The molecular weight excluding hydrogens is 462 g/mol. The number of carbonyl (C=O) groups is 1. The summed E-state index contributed by atoms with van der Waals surface area (Å²) in [7, 11) is 1.59. The highest BCUT2D eigenvalue weighted by atomic mass is 16.5. The van der Waals surface area contributed by atoms with Crippen LogP contribution in [0.2, 0.25) is 0 Å². The highest BCUT2D eigenvalue weighted by Crippen LogP contribution is 2.34. The largest absolute Gasteiger partial charge is 0.493 e. The first-order valence-electron chi connectivity index (χ1n) is 12.4. The van der Waals surface area contributed by atoms with Crippen molar-refractivity contribution in [2.75, 3.05) is 40.0 Å². The molecule has 9 heteroatoms. The molecule has 1 aromatic heterocycles. The van der Waals surface area contributed by atoms with Crippen LogP contribution < -0.4 is 18.9 Å². The molecule has 4 rings (SSSR count). The van der Waals surface area contributed by atoms with Gasteiger partial charge in [0.1, 0.15) is 0 Å². The minimum Gasteiger partial charge on any atom is -0.493 e.